The van der Waals surface area contributed by atoms with E-state index in [1.807, 2.05) is 18.2 Å². The smallest absolute Gasteiger partial charge is 0.245 e. The van der Waals surface area contributed by atoms with E-state index in [0.29, 0.717) is 6.42 Å². The van der Waals surface area contributed by atoms with Crippen LogP contribution in [0.15, 0.2) is 18.2 Å². The third-order valence-corrected chi connectivity index (χ3v) is 4.30. The highest BCUT2D eigenvalue weighted by Gasteiger charge is 2.30. The van der Waals surface area contributed by atoms with Gasteiger partial charge >= 0.3 is 0 Å². The largest absolute Gasteiger partial charge is 0.496 e. The number of amides is 2. The summed E-state index contributed by atoms with van der Waals surface area (Å²) in [6, 6.07) is 5.21. The molecule has 1 aromatic carbocycles. The highest BCUT2D eigenvalue weighted by atomic mass is 127. The van der Waals surface area contributed by atoms with E-state index in [9.17, 15) is 9.59 Å². The van der Waals surface area contributed by atoms with Crippen LogP contribution < -0.4 is 10.1 Å². The third-order valence-electron chi connectivity index (χ3n) is 3.08. The Kier molecular flexibility index (Phi) is 4.28. The molecule has 19 heavy (non-hydrogen) atoms. The Hall–Kier alpha value is -1.31. The van der Waals surface area contributed by atoms with Gasteiger partial charge in [-0.05, 0) is 34.2 Å². The van der Waals surface area contributed by atoms with Gasteiger partial charge in [0.25, 0.3) is 0 Å². The Morgan fingerprint density at radius 1 is 1.47 bits per heavy atom. The van der Waals surface area contributed by atoms with Crippen LogP contribution in [0.1, 0.15) is 5.56 Å². The van der Waals surface area contributed by atoms with Gasteiger partial charge in [0.2, 0.25) is 11.8 Å². The minimum absolute atomic E-state index is 0.0572. The summed E-state index contributed by atoms with van der Waals surface area (Å²) < 4.78 is 6.22. The van der Waals surface area contributed by atoms with Crippen LogP contribution in [-0.4, -0.2) is 43.5 Å². The maximum atomic E-state index is 12.0. The van der Waals surface area contributed by atoms with E-state index < -0.39 is 6.04 Å². The topological polar surface area (TPSA) is 58.6 Å². The number of benzene rings is 1. The molecule has 1 aromatic rings. The molecule has 5 nitrogen and oxygen atoms in total. The quantitative estimate of drug-likeness (QED) is 0.797. The number of nitrogens with zero attached hydrogens (tertiary/aromatic N) is 1. The average molecular weight is 374 g/mol. The van der Waals surface area contributed by atoms with E-state index in [2.05, 4.69) is 27.9 Å². The van der Waals surface area contributed by atoms with Gasteiger partial charge in [-0.3, -0.25) is 9.59 Å². The van der Waals surface area contributed by atoms with Crippen LogP contribution in [0.5, 0.6) is 5.75 Å². The lowest BCUT2D eigenvalue weighted by Crippen LogP contribution is -2.57. The number of methoxy groups -OCH3 is 1. The van der Waals surface area contributed by atoms with Crippen molar-refractivity contribution < 1.29 is 14.3 Å². The minimum Gasteiger partial charge on any atom is -0.496 e. The molecule has 1 unspecified atom stereocenters. The van der Waals surface area contributed by atoms with Crippen LogP contribution >= 0.6 is 22.6 Å². The van der Waals surface area contributed by atoms with Crippen molar-refractivity contribution in [2.75, 3.05) is 20.7 Å². The second-order valence-electron chi connectivity index (χ2n) is 4.45. The first-order valence-electron chi connectivity index (χ1n) is 5.88. The van der Waals surface area contributed by atoms with E-state index in [-0.39, 0.29) is 18.4 Å². The van der Waals surface area contributed by atoms with Crippen molar-refractivity contribution >= 4 is 34.4 Å². The van der Waals surface area contributed by atoms with Gasteiger partial charge in [0.1, 0.15) is 11.8 Å². The highest BCUT2D eigenvalue weighted by Crippen LogP contribution is 2.25. The Labute approximate surface area is 125 Å². The molecule has 0 spiro atoms. The molecule has 2 amide bonds. The molecule has 102 valence electrons. The third kappa shape index (κ3) is 2.99. The molecule has 1 fully saturated rings. The molecular formula is C13H15IN2O3. The first-order chi connectivity index (χ1) is 9.02. The molecular weight excluding hydrogens is 359 g/mol. The molecule has 0 aliphatic carbocycles. The number of hydrogen-bond donors (Lipinski definition) is 1. The van der Waals surface area contributed by atoms with Crippen molar-refractivity contribution in [1.29, 1.82) is 0 Å². The SMILES string of the molecule is COc1cccc(CC2NC(=O)CN(C)C2=O)c1I. The standard InChI is InChI=1S/C13H15IN2O3/c1-16-7-11(17)15-9(13(16)18)6-8-4-3-5-10(19-2)12(8)14/h3-5,9H,6-7H2,1-2H3,(H,15,17). The summed E-state index contributed by atoms with van der Waals surface area (Å²) >= 11 is 2.19. The number of rotatable bonds is 3. The Bertz CT molecular complexity index is 519. The van der Waals surface area contributed by atoms with Crippen molar-refractivity contribution in [1.82, 2.24) is 10.2 Å². The fraction of sp³-hybridized carbons (Fsp3) is 0.385. The van der Waals surface area contributed by atoms with E-state index in [1.54, 1.807) is 14.2 Å². The van der Waals surface area contributed by atoms with Crippen molar-refractivity contribution in [3.8, 4) is 5.75 Å². The van der Waals surface area contributed by atoms with Gasteiger partial charge in [-0.2, -0.15) is 0 Å². The zero-order chi connectivity index (χ0) is 14.0. The molecule has 1 aliphatic rings. The van der Waals surface area contributed by atoms with Crippen molar-refractivity contribution in [3.63, 3.8) is 0 Å². The van der Waals surface area contributed by atoms with Crippen LogP contribution in [0, 0.1) is 3.57 Å². The Balaban J connectivity index is 2.21. The lowest BCUT2D eigenvalue weighted by Gasteiger charge is -2.30. The van der Waals surface area contributed by atoms with Gasteiger partial charge in [0, 0.05) is 13.5 Å². The van der Waals surface area contributed by atoms with E-state index in [4.69, 9.17) is 4.74 Å². The van der Waals surface area contributed by atoms with E-state index in [0.717, 1.165) is 14.9 Å². The Morgan fingerprint density at radius 3 is 2.89 bits per heavy atom. The van der Waals surface area contributed by atoms with Crippen LogP contribution in [0.2, 0.25) is 0 Å². The number of carbonyl (C=O) groups excluding carboxylic acids is 2. The molecule has 0 aromatic heterocycles. The summed E-state index contributed by atoms with van der Waals surface area (Å²) in [5.41, 5.74) is 0.994. The molecule has 6 heteroatoms. The molecule has 1 saturated heterocycles. The molecule has 0 bridgehead atoms. The van der Waals surface area contributed by atoms with Gasteiger partial charge in [-0.1, -0.05) is 12.1 Å². The second kappa shape index (κ2) is 5.77. The van der Waals surface area contributed by atoms with Gasteiger partial charge < -0.3 is 15.0 Å². The summed E-state index contributed by atoms with van der Waals surface area (Å²) in [7, 11) is 3.26. The molecule has 1 N–H and O–H groups in total. The van der Waals surface area contributed by atoms with Crippen molar-refractivity contribution in [2.45, 2.75) is 12.5 Å². The van der Waals surface area contributed by atoms with Gasteiger partial charge in [0.15, 0.2) is 0 Å². The fourth-order valence-electron chi connectivity index (χ4n) is 2.09. The van der Waals surface area contributed by atoms with Gasteiger partial charge in [0.05, 0.1) is 17.2 Å². The summed E-state index contributed by atoms with van der Waals surface area (Å²) in [5.74, 6) is 0.601. The summed E-state index contributed by atoms with van der Waals surface area (Å²) in [4.78, 5) is 25.0. The molecule has 2 rings (SSSR count). The zero-order valence-electron chi connectivity index (χ0n) is 10.8. The minimum atomic E-state index is -0.494. The zero-order valence-corrected chi connectivity index (χ0v) is 12.9. The second-order valence-corrected chi connectivity index (χ2v) is 5.53. The molecule has 1 heterocycles. The first-order valence-corrected chi connectivity index (χ1v) is 6.96. The average Bonchev–Trinajstić information content (AvgIpc) is 2.37. The van der Waals surface area contributed by atoms with Crippen LogP contribution in [-0.2, 0) is 16.0 Å². The lowest BCUT2D eigenvalue weighted by molar-refractivity contribution is -0.142. The van der Waals surface area contributed by atoms with Crippen LogP contribution in [0.3, 0.4) is 0 Å². The molecule has 1 aliphatic heterocycles. The van der Waals surface area contributed by atoms with E-state index >= 15 is 0 Å². The monoisotopic (exact) mass is 374 g/mol. The number of halogens is 1. The van der Waals surface area contributed by atoms with Crippen LogP contribution in [0.4, 0.5) is 0 Å². The predicted molar refractivity (Wildman–Crippen MR) is 79.0 cm³/mol. The van der Waals surface area contributed by atoms with E-state index in [1.165, 1.54) is 4.90 Å². The van der Waals surface area contributed by atoms with Gasteiger partial charge in [-0.15, -0.1) is 0 Å². The molecule has 1 atom stereocenters. The Morgan fingerprint density at radius 2 is 2.21 bits per heavy atom. The maximum absolute atomic E-state index is 12.0. The van der Waals surface area contributed by atoms with Crippen molar-refractivity contribution in [3.05, 3.63) is 27.3 Å². The molecule has 0 radical (unpaired) electrons. The lowest BCUT2D eigenvalue weighted by atomic mass is 10.0. The fourth-order valence-corrected chi connectivity index (χ4v) is 2.89. The van der Waals surface area contributed by atoms with Crippen LogP contribution in [0.25, 0.3) is 0 Å². The number of ether oxygens (including phenoxy) is 1. The number of nitrogens with one attached hydrogen (secondary N) is 1. The summed E-state index contributed by atoms with van der Waals surface area (Å²) in [6.45, 7) is 0.130. The highest BCUT2D eigenvalue weighted by molar-refractivity contribution is 14.1. The summed E-state index contributed by atoms with van der Waals surface area (Å²) in [6.07, 6.45) is 0.477. The number of likely N-dealkylation sites (N-methyl/N-ethyl adjacent to an activating group) is 1. The predicted octanol–water partition coefficient (Wildman–Crippen LogP) is 0.799. The van der Waals surface area contributed by atoms with Gasteiger partial charge in [-0.25, -0.2) is 0 Å². The maximum Gasteiger partial charge on any atom is 0.245 e. The molecule has 0 saturated carbocycles. The summed E-state index contributed by atoms with van der Waals surface area (Å²) in [5, 5.41) is 2.74. The normalized spacial score (nSPS) is 19.3. The number of carbonyl (C=O) groups is 2. The number of piperazine rings is 1. The van der Waals surface area contributed by atoms with Crippen molar-refractivity contribution in [2.24, 2.45) is 0 Å². The number of hydrogen-bond acceptors (Lipinski definition) is 3. The first kappa shape index (κ1) is 14.1.